The summed E-state index contributed by atoms with van der Waals surface area (Å²) in [6.45, 7) is 2.91. The first-order valence-electron chi connectivity index (χ1n) is 8.39. The third-order valence-electron chi connectivity index (χ3n) is 5.35. The molecule has 0 amide bonds. The van der Waals surface area contributed by atoms with E-state index in [0.29, 0.717) is 25.9 Å². The SMILES string of the molecule is OC1(CNCC2CCC3(CCCCC3)O2)CCOCC1. The smallest absolute Gasteiger partial charge is 0.0815 e. The highest BCUT2D eigenvalue weighted by atomic mass is 16.5. The molecule has 20 heavy (non-hydrogen) atoms. The van der Waals surface area contributed by atoms with Gasteiger partial charge >= 0.3 is 0 Å². The molecule has 1 saturated carbocycles. The number of hydrogen-bond acceptors (Lipinski definition) is 4. The van der Waals surface area contributed by atoms with E-state index in [1.807, 2.05) is 0 Å². The van der Waals surface area contributed by atoms with Crippen LogP contribution in [0.1, 0.15) is 57.8 Å². The Bertz CT molecular complexity index is 309. The van der Waals surface area contributed by atoms with Gasteiger partial charge in [-0.3, -0.25) is 0 Å². The third kappa shape index (κ3) is 3.53. The van der Waals surface area contributed by atoms with Gasteiger partial charge in [-0.25, -0.2) is 0 Å². The van der Waals surface area contributed by atoms with Crippen LogP contribution in [0.2, 0.25) is 0 Å². The molecule has 0 aromatic carbocycles. The van der Waals surface area contributed by atoms with Crippen molar-refractivity contribution in [3.05, 3.63) is 0 Å². The Hall–Kier alpha value is -0.160. The molecule has 0 aromatic rings. The van der Waals surface area contributed by atoms with Crippen molar-refractivity contribution in [2.75, 3.05) is 26.3 Å². The second-order valence-corrected chi connectivity index (χ2v) is 6.99. The predicted molar refractivity (Wildman–Crippen MR) is 77.8 cm³/mol. The normalized spacial score (nSPS) is 32.5. The van der Waals surface area contributed by atoms with Gasteiger partial charge in [-0.15, -0.1) is 0 Å². The zero-order chi connectivity index (χ0) is 13.9. The highest BCUT2D eigenvalue weighted by molar-refractivity contribution is 4.92. The van der Waals surface area contributed by atoms with Crippen molar-refractivity contribution in [3.8, 4) is 0 Å². The number of nitrogens with one attached hydrogen (secondary N) is 1. The van der Waals surface area contributed by atoms with E-state index >= 15 is 0 Å². The van der Waals surface area contributed by atoms with Crippen molar-refractivity contribution in [1.82, 2.24) is 5.32 Å². The topological polar surface area (TPSA) is 50.7 Å². The van der Waals surface area contributed by atoms with Gasteiger partial charge in [0, 0.05) is 39.1 Å². The summed E-state index contributed by atoms with van der Waals surface area (Å²) in [6.07, 6.45) is 10.8. The first-order valence-corrected chi connectivity index (χ1v) is 8.39. The van der Waals surface area contributed by atoms with Crippen LogP contribution in [0.25, 0.3) is 0 Å². The molecule has 2 aliphatic heterocycles. The van der Waals surface area contributed by atoms with E-state index in [0.717, 1.165) is 19.4 Å². The Morgan fingerprint density at radius 1 is 1.00 bits per heavy atom. The van der Waals surface area contributed by atoms with Gasteiger partial charge in [0.25, 0.3) is 0 Å². The number of rotatable bonds is 4. The maximum Gasteiger partial charge on any atom is 0.0815 e. The summed E-state index contributed by atoms with van der Waals surface area (Å²) in [7, 11) is 0. The fourth-order valence-electron chi connectivity index (χ4n) is 4.00. The van der Waals surface area contributed by atoms with Gasteiger partial charge in [0.2, 0.25) is 0 Å². The second-order valence-electron chi connectivity index (χ2n) is 6.99. The average molecular weight is 283 g/mol. The van der Waals surface area contributed by atoms with Gasteiger partial charge in [0.15, 0.2) is 0 Å². The van der Waals surface area contributed by atoms with Crippen LogP contribution in [0.15, 0.2) is 0 Å². The molecule has 4 nitrogen and oxygen atoms in total. The van der Waals surface area contributed by atoms with Crippen molar-refractivity contribution in [3.63, 3.8) is 0 Å². The molecule has 3 aliphatic rings. The molecule has 1 unspecified atom stereocenters. The number of aliphatic hydroxyl groups is 1. The van der Waals surface area contributed by atoms with Gasteiger partial charge < -0.3 is 19.9 Å². The molecule has 116 valence electrons. The molecule has 3 rings (SSSR count). The fraction of sp³-hybridized carbons (Fsp3) is 1.00. The molecule has 2 N–H and O–H groups in total. The summed E-state index contributed by atoms with van der Waals surface area (Å²) in [6, 6.07) is 0. The molecule has 2 saturated heterocycles. The van der Waals surface area contributed by atoms with Crippen LogP contribution in [0, 0.1) is 0 Å². The molecule has 2 heterocycles. The van der Waals surface area contributed by atoms with E-state index in [-0.39, 0.29) is 5.60 Å². The summed E-state index contributed by atoms with van der Waals surface area (Å²) < 4.78 is 11.7. The van der Waals surface area contributed by atoms with Crippen molar-refractivity contribution < 1.29 is 14.6 Å². The fourth-order valence-corrected chi connectivity index (χ4v) is 4.00. The minimum Gasteiger partial charge on any atom is -0.388 e. The zero-order valence-corrected chi connectivity index (χ0v) is 12.5. The minimum absolute atomic E-state index is 0.209. The van der Waals surface area contributed by atoms with Gasteiger partial charge in [-0.1, -0.05) is 19.3 Å². The van der Waals surface area contributed by atoms with Crippen LogP contribution >= 0.6 is 0 Å². The van der Waals surface area contributed by atoms with Gasteiger partial charge in [0.1, 0.15) is 0 Å². The van der Waals surface area contributed by atoms with E-state index < -0.39 is 5.60 Å². The first-order chi connectivity index (χ1) is 9.70. The molecule has 1 atom stereocenters. The lowest BCUT2D eigenvalue weighted by molar-refractivity contribution is -0.0730. The van der Waals surface area contributed by atoms with Gasteiger partial charge in [-0.05, 0) is 25.7 Å². The monoisotopic (exact) mass is 283 g/mol. The van der Waals surface area contributed by atoms with Crippen LogP contribution in [0.4, 0.5) is 0 Å². The van der Waals surface area contributed by atoms with Crippen molar-refractivity contribution in [2.45, 2.75) is 75.1 Å². The van der Waals surface area contributed by atoms with Crippen LogP contribution in [0.5, 0.6) is 0 Å². The lowest BCUT2D eigenvalue weighted by Crippen LogP contribution is -2.46. The maximum absolute atomic E-state index is 10.4. The first kappa shape index (κ1) is 14.8. The Morgan fingerprint density at radius 3 is 2.50 bits per heavy atom. The van der Waals surface area contributed by atoms with Crippen LogP contribution in [0.3, 0.4) is 0 Å². The van der Waals surface area contributed by atoms with Crippen LogP contribution in [-0.4, -0.2) is 48.7 Å². The van der Waals surface area contributed by atoms with E-state index in [4.69, 9.17) is 9.47 Å². The Labute approximate surface area is 122 Å². The van der Waals surface area contributed by atoms with Gasteiger partial charge in [0.05, 0.1) is 17.3 Å². The highest BCUT2D eigenvalue weighted by Gasteiger charge is 2.40. The van der Waals surface area contributed by atoms with E-state index in [1.54, 1.807) is 0 Å². The third-order valence-corrected chi connectivity index (χ3v) is 5.35. The zero-order valence-electron chi connectivity index (χ0n) is 12.5. The molecular formula is C16H29NO3. The molecule has 0 bridgehead atoms. The summed E-state index contributed by atoms with van der Waals surface area (Å²) in [5, 5.41) is 13.8. The lowest BCUT2D eigenvalue weighted by atomic mass is 9.83. The van der Waals surface area contributed by atoms with Crippen LogP contribution in [-0.2, 0) is 9.47 Å². The highest BCUT2D eigenvalue weighted by Crippen LogP contribution is 2.41. The average Bonchev–Trinajstić information content (AvgIpc) is 2.83. The maximum atomic E-state index is 10.4. The van der Waals surface area contributed by atoms with E-state index in [1.165, 1.54) is 44.9 Å². The Balaban J connectivity index is 1.39. The molecule has 0 aromatic heterocycles. The summed E-state index contributed by atoms with van der Waals surface area (Å²) >= 11 is 0. The van der Waals surface area contributed by atoms with Crippen LogP contribution < -0.4 is 5.32 Å². The summed E-state index contributed by atoms with van der Waals surface area (Å²) in [5.74, 6) is 0. The quantitative estimate of drug-likeness (QED) is 0.828. The Kier molecular flexibility index (Phi) is 4.65. The second kappa shape index (κ2) is 6.30. The van der Waals surface area contributed by atoms with Gasteiger partial charge in [-0.2, -0.15) is 0 Å². The molecule has 3 fully saturated rings. The minimum atomic E-state index is -0.570. The number of ether oxygens (including phenoxy) is 2. The van der Waals surface area contributed by atoms with Crippen molar-refractivity contribution in [1.29, 1.82) is 0 Å². The largest absolute Gasteiger partial charge is 0.388 e. The summed E-state index contributed by atoms with van der Waals surface area (Å²) in [5.41, 5.74) is -0.362. The molecule has 1 aliphatic carbocycles. The lowest BCUT2D eigenvalue weighted by Gasteiger charge is -2.34. The van der Waals surface area contributed by atoms with E-state index in [9.17, 15) is 5.11 Å². The molecule has 0 radical (unpaired) electrons. The molecule has 1 spiro atoms. The predicted octanol–water partition coefficient (Wildman–Crippen LogP) is 2.00. The summed E-state index contributed by atoms with van der Waals surface area (Å²) in [4.78, 5) is 0. The van der Waals surface area contributed by atoms with Crippen molar-refractivity contribution in [2.24, 2.45) is 0 Å². The number of hydrogen-bond donors (Lipinski definition) is 2. The molecule has 4 heteroatoms. The van der Waals surface area contributed by atoms with Crippen molar-refractivity contribution >= 4 is 0 Å². The molecular weight excluding hydrogens is 254 g/mol. The Morgan fingerprint density at radius 2 is 1.75 bits per heavy atom. The standard InChI is InChI=1S/C16H29NO3/c18-15(8-10-19-11-9-15)13-17-12-14-4-7-16(20-14)5-2-1-3-6-16/h14,17-18H,1-13H2. The van der Waals surface area contributed by atoms with E-state index in [2.05, 4.69) is 5.32 Å².